The molecule has 22 heavy (non-hydrogen) atoms. The van der Waals surface area contributed by atoms with Crippen LogP contribution >= 0.6 is 0 Å². The smallest absolute Gasteiger partial charge is 0.228 e. The summed E-state index contributed by atoms with van der Waals surface area (Å²) in [4.78, 5) is 12.3. The van der Waals surface area contributed by atoms with E-state index in [-0.39, 0.29) is 11.8 Å². The Hall–Kier alpha value is -2.34. The van der Waals surface area contributed by atoms with E-state index in [1.54, 1.807) is 4.68 Å². The molecule has 1 aromatic heterocycles. The van der Waals surface area contributed by atoms with Crippen LogP contribution in [0.25, 0.3) is 11.3 Å². The fraction of sp³-hybridized carbons (Fsp3) is 0.375. The van der Waals surface area contributed by atoms with Crippen molar-refractivity contribution < 1.29 is 9.53 Å². The number of carbonyl (C=O) groups excluding carboxylic acids is 1. The average molecular weight is 300 g/mol. The number of benzene rings is 1. The Morgan fingerprint density at radius 2 is 2.00 bits per heavy atom. The molecule has 2 aromatic rings. The molecule has 0 radical (unpaired) electrons. The van der Waals surface area contributed by atoms with E-state index >= 15 is 0 Å². The lowest BCUT2D eigenvalue weighted by atomic mass is 9.99. The third-order valence-electron chi connectivity index (χ3n) is 3.93. The molecule has 0 spiro atoms. The number of nitrogens with two attached hydrogens (primary N) is 1. The Balaban J connectivity index is 1.74. The van der Waals surface area contributed by atoms with Gasteiger partial charge in [-0.3, -0.25) is 9.48 Å². The maximum absolute atomic E-state index is 12.3. The molecule has 116 valence electrons. The molecule has 1 aromatic carbocycles. The van der Waals surface area contributed by atoms with E-state index < -0.39 is 0 Å². The van der Waals surface area contributed by atoms with Gasteiger partial charge in [-0.2, -0.15) is 5.10 Å². The van der Waals surface area contributed by atoms with Crippen molar-refractivity contribution >= 4 is 17.4 Å². The zero-order chi connectivity index (χ0) is 15.5. The quantitative estimate of drug-likeness (QED) is 0.850. The van der Waals surface area contributed by atoms with Crippen molar-refractivity contribution in [2.24, 2.45) is 13.0 Å². The fourth-order valence-corrected chi connectivity index (χ4v) is 2.57. The molecule has 0 unspecified atom stereocenters. The Morgan fingerprint density at radius 3 is 2.68 bits per heavy atom. The summed E-state index contributed by atoms with van der Waals surface area (Å²) in [7, 11) is 1.82. The van der Waals surface area contributed by atoms with Gasteiger partial charge in [0.05, 0.1) is 5.69 Å². The van der Waals surface area contributed by atoms with Crippen molar-refractivity contribution in [2.45, 2.75) is 12.8 Å². The van der Waals surface area contributed by atoms with Crippen molar-refractivity contribution in [2.75, 3.05) is 24.3 Å². The SMILES string of the molecule is Cn1nc(-c2ccc(N)cc2)cc1NC(=O)C1CCOCC1. The predicted octanol–water partition coefficient (Wildman–Crippen LogP) is 2.03. The van der Waals surface area contributed by atoms with E-state index in [0.29, 0.717) is 24.7 Å². The van der Waals surface area contributed by atoms with Crippen molar-refractivity contribution in [3.63, 3.8) is 0 Å². The highest BCUT2D eigenvalue weighted by molar-refractivity contribution is 5.92. The first-order valence-electron chi connectivity index (χ1n) is 7.42. The van der Waals surface area contributed by atoms with Gasteiger partial charge in [0.25, 0.3) is 0 Å². The van der Waals surface area contributed by atoms with Gasteiger partial charge in [0, 0.05) is 43.5 Å². The van der Waals surface area contributed by atoms with Gasteiger partial charge in [-0.25, -0.2) is 0 Å². The molecule has 2 heterocycles. The number of hydrogen-bond donors (Lipinski definition) is 2. The summed E-state index contributed by atoms with van der Waals surface area (Å²) in [6.07, 6.45) is 1.54. The average Bonchev–Trinajstić information content (AvgIpc) is 2.90. The first kappa shape index (κ1) is 14.6. The van der Waals surface area contributed by atoms with E-state index in [1.807, 2.05) is 37.4 Å². The number of rotatable bonds is 3. The number of aromatic nitrogens is 2. The Bertz CT molecular complexity index is 657. The molecular formula is C16H20N4O2. The molecule has 0 saturated carbocycles. The van der Waals surface area contributed by atoms with E-state index in [1.165, 1.54) is 0 Å². The number of nitrogen functional groups attached to an aromatic ring is 1. The number of nitrogens with zero attached hydrogens (tertiary/aromatic N) is 2. The van der Waals surface area contributed by atoms with Crippen molar-refractivity contribution in [3.8, 4) is 11.3 Å². The normalized spacial score (nSPS) is 15.7. The Kier molecular flexibility index (Phi) is 4.11. The van der Waals surface area contributed by atoms with Gasteiger partial charge < -0.3 is 15.8 Å². The largest absolute Gasteiger partial charge is 0.399 e. The maximum Gasteiger partial charge on any atom is 0.228 e. The van der Waals surface area contributed by atoms with E-state index in [2.05, 4.69) is 10.4 Å². The minimum Gasteiger partial charge on any atom is -0.399 e. The van der Waals surface area contributed by atoms with E-state index in [9.17, 15) is 4.79 Å². The number of anilines is 2. The van der Waals surface area contributed by atoms with E-state index in [0.717, 1.165) is 24.1 Å². The fourth-order valence-electron chi connectivity index (χ4n) is 2.57. The first-order valence-corrected chi connectivity index (χ1v) is 7.42. The van der Waals surface area contributed by atoms with Gasteiger partial charge in [-0.15, -0.1) is 0 Å². The summed E-state index contributed by atoms with van der Waals surface area (Å²) in [5, 5.41) is 7.41. The number of carbonyl (C=O) groups is 1. The number of hydrogen-bond acceptors (Lipinski definition) is 4. The summed E-state index contributed by atoms with van der Waals surface area (Å²) in [5.74, 6) is 0.752. The van der Waals surface area contributed by atoms with Gasteiger partial charge in [0.1, 0.15) is 5.82 Å². The van der Waals surface area contributed by atoms with Crippen LogP contribution in [0.1, 0.15) is 12.8 Å². The van der Waals surface area contributed by atoms with Gasteiger partial charge in [-0.05, 0) is 25.0 Å². The third kappa shape index (κ3) is 3.12. The summed E-state index contributed by atoms with van der Waals surface area (Å²) < 4.78 is 6.97. The molecule has 1 aliphatic heterocycles. The lowest BCUT2D eigenvalue weighted by Gasteiger charge is -2.21. The highest BCUT2D eigenvalue weighted by atomic mass is 16.5. The van der Waals surface area contributed by atoms with Crippen LogP contribution in [0.4, 0.5) is 11.5 Å². The standard InChI is InChI=1S/C16H20N4O2/c1-20-15(18-16(21)12-6-8-22-9-7-12)10-14(19-20)11-2-4-13(17)5-3-11/h2-5,10,12H,6-9,17H2,1H3,(H,18,21). The minimum absolute atomic E-state index is 0.0172. The second-order valence-electron chi connectivity index (χ2n) is 5.54. The number of ether oxygens (including phenoxy) is 1. The number of amides is 1. The van der Waals surface area contributed by atoms with Gasteiger partial charge in [0.15, 0.2) is 0 Å². The third-order valence-corrected chi connectivity index (χ3v) is 3.93. The van der Waals surface area contributed by atoms with Gasteiger partial charge in [-0.1, -0.05) is 12.1 Å². The second-order valence-corrected chi connectivity index (χ2v) is 5.54. The van der Waals surface area contributed by atoms with Crippen LogP contribution in [0.2, 0.25) is 0 Å². The number of nitrogens with one attached hydrogen (secondary N) is 1. The lowest BCUT2D eigenvalue weighted by molar-refractivity contribution is -0.122. The molecule has 1 aliphatic rings. The van der Waals surface area contributed by atoms with Crippen LogP contribution in [0, 0.1) is 5.92 Å². The molecule has 3 N–H and O–H groups in total. The Morgan fingerprint density at radius 1 is 1.32 bits per heavy atom. The van der Waals surface area contributed by atoms with E-state index in [4.69, 9.17) is 10.5 Å². The lowest BCUT2D eigenvalue weighted by Crippen LogP contribution is -2.29. The monoisotopic (exact) mass is 300 g/mol. The minimum atomic E-state index is 0.0172. The molecule has 6 nitrogen and oxygen atoms in total. The van der Waals surface area contributed by atoms with Crippen LogP contribution in [-0.4, -0.2) is 28.9 Å². The second kappa shape index (κ2) is 6.19. The topological polar surface area (TPSA) is 82.2 Å². The zero-order valence-corrected chi connectivity index (χ0v) is 12.6. The molecule has 1 fully saturated rings. The predicted molar refractivity (Wildman–Crippen MR) is 85.2 cm³/mol. The van der Waals surface area contributed by atoms with Gasteiger partial charge >= 0.3 is 0 Å². The zero-order valence-electron chi connectivity index (χ0n) is 12.6. The van der Waals surface area contributed by atoms with Crippen LogP contribution in [-0.2, 0) is 16.6 Å². The van der Waals surface area contributed by atoms with Crippen LogP contribution in [0.3, 0.4) is 0 Å². The summed E-state index contributed by atoms with van der Waals surface area (Å²) in [6, 6.07) is 9.39. The van der Waals surface area contributed by atoms with Crippen LogP contribution < -0.4 is 11.1 Å². The highest BCUT2D eigenvalue weighted by Gasteiger charge is 2.22. The van der Waals surface area contributed by atoms with Crippen LogP contribution in [0.5, 0.6) is 0 Å². The molecule has 0 aliphatic carbocycles. The first-order chi connectivity index (χ1) is 10.6. The Labute approximate surface area is 129 Å². The summed E-state index contributed by atoms with van der Waals surface area (Å²) in [6.45, 7) is 1.31. The van der Waals surface area contributed by atoms with Gasteiger partial charge in [0.2, 0.25) is 5.91 Å². The molecular weight excluding hydrogens is 280 g/mol. The molecule has 0 atom stereocenters. The number of aryl methyl sites for hydroxylation is 1. The van der Waals surface area contributed by atoms with Crippen LogP contribution in [0.15, 0.2) is 30.3 Å². The molecule has 1 amide bonds. The molecule has 0 bridgehead atoms. The molecule has 1 saturated heterocycles. The van der Waals surface area contributed by atoms with Crippen molar-refractivity contribution in [1.82, 2.24) is 9.78 Å². The maximum atomic E-state index is 12.3. The summed E-state index contributed by atoms with van der Waals surface area (Å²) in [5.41, 5.74) is 8.19. The molecule has 3 rings (SSSR count). The highest BCUT2D eigenvalue weighted by Crippen LogP contribution is 2.23. The van der Waals surface area contributed by atoms with Crippen molar-refractivity contribution in [1.29, 1.82) is 0 Å². The summed E-state index contributed by atoms with van der Waals surface area (Å²) >= 11 is 0. The van der Waals surface area contributed by atoms with Crippen molar-refractivity contribution in [3.05, 3.63) is 30.3 Å². The molecule has 6 heteroatoms.